The molecule has 0 saturated carbocycles. The van der Waals surface area contributed by atoms with Gasteiger partial charge in [-0.15, -0.1) is 0 Å². The standard InChI is InChI=1S/C18H26BrNO6S/c1-18(2,3)26-17(22)20-14-10-27(23,24)9-12(16(14)21)7-11-5-6-15(25-4)13(19)8-11/h5-6,8,12,14,16,21H,7,9-10H2,1-4H3,(H,20,22). The number of aliphatic hydroxyl groups is 1. The Kier molecular flexibility index (Phi) is 6.81. The number of carbonyl (C=O) groups excluding carboxylic acids is 1. The van der Waals surface area contributed by atoms with E-state index in [-0.39, 0.29) is 11.5 Å². The molecule has 1 saturated heterocycles. The molecule has 7 nitrogen and oxygen atoms in total. The fraction of sp³-hybridized carbons (Fsp3) is 0.611. The zero-order valence-electron chi connectivity index (χ0n) is 15.9. The first-order valence-electron chi connectivity index (χ1n) is 8.60. The van der Waals surface area contributed by atoms with Gasteiger partial charge in [-0.3, -0.25) is 0 Å². The van der Waals surface area contributed by atoms with E-state index in [2.05, 4.69) is 21.2 Å². The molecule has 0 bridgehead atoms. The predicted octanol–water partition coefficient (Wildman–Crippen LogP) is 2.30. The number of ether oxygens (including phenoxy) is 2. The lowest BCUT2D eigenvalue weighted by atomic mass is 9.91. The Morgan fingerprint density at radius 1 is 1.33 bits per heavy atom. The lowest BCUT2D eigenvalue weighted by Gasteiger charge is -2.35. The Balaban J connectivity index is 2.14. The van der Waals surface area contributed by atoms with Gasteiger partial charge in [-0.2, -0.15) is 0 Å². The van der Waals surface area contributed by atoms with Gasteiger partial charge in [-0.1, -0.05) is 6.07 Å². The zero-order valence-corrected chi connectivity index (χ0v) is 18.3. The van der Waals surface area contributed by atoms with Crippen molar-refractivity contribution < 1.29 is 27.8 Å². The number of sulfone groups is 1. The van der Waals surface area contributed by atoms with Gasteiger partial charge >= 0.3 is 6.09 Å². The van der Waals surface area contributed by atoms with Gasteiger partial charge in [-0.25, -0.2) is 13.2 Å². The molecule has 152 valence electrons. The Morgan fingerprint density at radius 3 is 2.56 bits per heavy atom. The number of nitrogens with one attached hydrogen (secondary N) is 1. The third-order valence-corrected chi connectivity index (χ3v) is 6.64. The average molecular weight is 464 g/mol. The number of hydrogen-bond donors (Lipinski definition) is 2. The highest BCUT2D eigenvalue weighted by Crippen LogP contribution is 2.29. The molecule has 2 rings (SSSR count). The molecular formula is C18H26BrNO6S. The van der Waals surface area contributed by atoms with E-state index in [9.17, 15) is 18.3 Å². The molecule has 0 aliphatic carbocycles. The number of rotatable bonds is 4. The molecule has 1 aromatic carbocycles. The normalized spacial score (nSPS) is 24.9. The summed E-state index contributed by atoms with van der Waals surface area (Å²) in [6.07, 6.45) is -1.38. The second-order valence-corrected chi connectivity index (χ2v) is 10.8. The van der Waals surface area contributed by atoms with E-state index < -0.39 is 39.6 Å². The molecule has 27 heavy (non-hydrogen) atoms. The molecule has 1 fully saturated rings. The third kappa shape index (κ3) is 6.36. The van der Waals surface area contributed by atoms with Crippen LogP contribution in [-0.4, -0.2) is 56.0 Å². The molecular weight excluding hydrogens is 438 g/mol. The minimum atomic E-state index is -3.41. The molecule has 1 aliphatic heterocycles. The highest BCUT2D eigenvalue weighted by Gasteiger charge is 2.40. The van der Waals surface area contributed by atoms with E-state index in [1.165, 1.54) is 0 Å². The fourth-order valence-corrected chi connectivity index (χ4v) is 5.62. The molecule has 1 aliphatic rings. The minimum absolute atomic E-state index is 0.135. The number of hydrogen-bond acceptors (Lipinski definition) is 6. The second-order valence-electron chi connectivity index (χ2n) is 7.75. The lowest BCUT2D eigenvalue weighted by Crippen LogP contribution is -2.56. The van der Waals surface area contributed by atoms with Gasteiger partial charge in [0.25, 0.3) is 0 Å². The van der Waals surface area contributed by atoms with Crippen LogP contribution in [0.25, 0.3) is 0 Å². The Hall–Kier alpha value is -1.32. The van der Waals surface area contributed by atoms with Gasteiger partial charge in [0.15, 0.2) is 9.84 Å². The summed E-state index contributed by atoms with van der Waals surface area (Å²) in [5.74, 6) is -0.315. The number of methoxy groups -OCH3 is 1. The van der Waals surface area contributed by atoms with Crippen molar-refractivity contribution in [2.24, 2.45) is 5.92 Å². The van der Waals surface area contributed by atoms with Crippen molar-refractivity contribution in [2.75, 3.05) is 18.6 Å². The summed E-state index contributed by atoms with van der Waals surface area (Å²) in [5, 5.41) is 13.2. The monoisotopic (exact) mass is 463 g/mol. The Bertz CT molecular complexity index is 790. The van der Waals surface area contributed by atoms with Crippen LogP contribution in [0.4, 0.5) is 4.79 Å². The highest BCUT2D eigenvalue weighted by atomic mass is 79.9. The molecule has 0 radical (unpaired) electrons. The first kappa shape index (κ1) is 22.0. The summed E-state index contributed by atoms with van der Waals surface area (Å²) in [7, 11) is -1.85. The van der Waals surface area contributed by atoms with Crippen molar-refractivity contribution >= 4 is 31.9 Å². The molecule has 1 heterocycles. The topological polar surface area (TPSA) is 102 Å². The van der Waals surface area contributed by atoms with Gasteiger partial charge in [0.2, 0.25) is 0 Å². The van der Waals surface area contributed by atoms with Crippen LogP contribution in [0.1, 0.15) is 26.3 Å². The van der Waals surface area contributed by atoms with Crippen LogP contribution in [-0.2, 0) is 21.0 Å². The second kappa shape index (κ2) is 8.36. The summed E-state index contributed by atoms with van der Waals surface area (Å²) < 4.78 is 35.7. The van der Waals surface area contributed by atoms with Crippen LogP contribution in [0, 0.1) is 5.92 Å². The molecule has 0 aromatic heterocycles. The van der Waals surface area contributed by atoms with Crippen molar-refractivity contribution in [2.45, 2.75) is 44.9 Å². The fourth-order valence-electron chi connectivity index (χ4n) is 3.10. The van der Waals surface area contributed by atoms with Crippen LogP contribution in [0.2, 0.25) is 0 Å². The average Bonchev–Trinajstić information content (AvgIpc) is 2.49. The lowest BCUT2D eigenvalue weighted by molar-refractivity contribution is 0.0358. The Labute approximate surface area is 168 Å². The molecule has 2 N–H and O–H groups in total. The van der Waals surface area contributed by atoms with E-state index >= 15 is 0 Å². The summed E-state index contributed by atoms with van der Waals surface area (Å²) in [4.78, 5) is 12.0. The van der Waals surface area contributed by atoms with E-state index in [1.807, 2.05) is 12.1 Å². The first-order valence-corrected chi connectivity index (χ1v) is 11.2. The van der Waals surface area contributed by atoms with Crippen LogP contribution >= 0.6 is 15.9 Å². The summed E-state index contributed by atoms with van der Waals surface area (Å²) >= 11 is 3.40. The van der Waals surface area contributed by atoms with Crippen LogP contribution in [0.3, 0.4) is 0 Å². The molecule has 9 heteroatoms. The molecule has 3 unspecified atom stereocenters. The largest absolute Gasteiger partial charge is 0.496 e. The SMILES string of the molecule is COc1ccc(CC2CS(=O)(=O)CC(NC(=O)OC(C)(C)C)C2O)cc1Br. The van der Waals surface area contributed by atoms with Crippen molar-refractivity contribution in [1.29, 1.82) is 0 Å². The molecule has 1 amide bonds. The van der Waals surface area contributed by atoms with Gasteiger partial charge < -0.3 is 19.9 Å². The van der Waals surface area contributed by atoms with Crippen molar-refractivity contribution in [3.8, 4) is 5.75 Å². The molecule has 1 aromatic rings. The predicted molar refractivity (Wildman–Crippen MR) is 106 cm³/mol. The minimum Gasteiger partial charge on any atom is -0.496 e. The number of halogens is 1. The number of benzene rings is 1. The van der Waals surface area contributed by atoms with Crippen molar-refractivity contribution in [3.63, 3.8) is 0 Å². The number of aliphatic hydroxyl groups excluding tert-OH is 1. The van der Waals surface area contributed by atoms with E-state index in [4.69, 9.17) is 9.47 Å². The van der Waals surface area contributed by atoms with E-state index in [1.54, 1.807) is 33.9 Å². The van der Waals surface area contributed by atoms with Crippen molar-refractivity contribution in [1.82, 2.24) is 5.32 Å². The maximum atomic E-state index is 12.3. The van der Waals surface area contributed by atoms with E-state index in [0.29, 0.717) is 12.2 Å². The van der Waals surface area contributed by atoms with E-state index in [0.717, 1.165) is 10.0 Å². The maximum absolute atomic E-state index is 12.3. The highest BCUT2D eigenvalue weighted by molar-refractivity contribution is 9.10. The smallest absolute Gasteiger partial charge is 0.407 e. The van der Waals surface area contributed by atoms with Crippen LogP contribution < -0.4 is 10.1 Å². The summed E-state index contributed by atoms with van der Waals surface area (Å²) in [5.41, 5.74) is 0.150. The first-order chi connectivity index (χ1) is 12.4. The Morgan fingerprint density at radius 2 is 2.00 bits per heavy atom. The molecule has 3 atom stereocenters. The van der Waals surface area contributed by atoms with Crippen LogP contribution in [0.15, 0.2) is 22.7 Å². The van der Waals surface area contributed by atoms with Gasteiger partial charge in [0.1, 0.15) is 11.4 Å². The van der Waals surface area contributed by atoms with Gasteiger partial charge in [0, 0.05) is 5.92 Å². The quantitative estimate of drug-likeness (QED) is 0.709. The summed E-state index contributed by atoms with van der Waals surface area (Å²) in [6, 6.07) is 4.53. The number of amides is 1. The molecule has 0 spiro atoms. The number of carbonyl (C=O) groups is 1. The maximum Gasteiger partial charge on any atom is 0.407 e. The van der Waals surface area contributed by atoms with Gasteiger partial charge in [0.05, 0.1) is 35.2 Å². The zero-order chi connectivity index (χ0) is 20.4. The third-order valence-electron chi connectivity index (χ3n) is 4.21. The van der Waals surface area contributed by atoms with Gasteiger partial charge in [-0.05, 0) is 60.8 Å². The summed E-state index contributed by atoms with van der Waals surface area (Å²) in [6.45, 7) is 5.14. The number of alkyl carbamates (subject to hydrolysis) is 1. The van der Waals surface area contributed by atoms with Crippen LogP contribution in [0.5, 0.6) is 5.75 Å². The van der Waals surface area contributed by atoms with Crippen molar-refractivity contribution in [3.05, 3.63) is 28.2 Å².